The van der Waals surface area contributed by atoms with Crippen LogP contribution in [0, 0.1) is 0 Å². The minimum Gasteiger partial charge on any atom is -0.380 e. The van der Waals surface area contributed by atoms with E-state index < -0.39 is 0 Å². The van der Waals surface area contributed by atoms with Crippen LogP contribution in [0.1, 0.15) is 12.0 Å². The number of anilines is 1. The largest absolute Gasteiger partial charge is 0.380 e. The van der Waals surface area contributed by atoms with Gasteiger partial charge in [-0.1, -0.05) is 12.1 Å². The molecule has 100 valence electrons. The van der Waals surface area contributed by atoms with E-state index in [0.717, 1.165) is 11.3 Å². The van der Waals surface area contributed by atoms with E-state index in [9.17, 15) is 4.79 Å². The van der Waals surface area contributed by atoms with Gasteiger partial charge in [-0.2, -0.15) is 5.10 Å². The molecule has 0 radical (unpaired) electrons. The highest BCUT2D eigenvalue weighted by atomic mass is 16.5. The number of nitrogens with zero attached hydrogens (tertiary/aromatic N) is 2. The van der Waals surface area contributed by atoms with E-state index in [-0.39, 0.29) is 5.91 Å². The summed E-state index contributed by atoms with van der Waals surface area (Å²) in [6.07, 6.45) is 3.94. The third-order valence-electron chi connectivity index (χ3n) is 2.65. The van der Waals surface area contributed by atoms with E-state index in [4.69, 9.17) is 4.74 Å². The Labute approximate surface area is 112 Å². The molecule has 0 saturated carbocycles. The van der Waals surface area contributed by atoms with Crippen molar-refractivity contribution in [3.05, 3.63) is 48.3 Å². The van der Waals surface area contributed by atoms with Crippen LogP contribution in [0.4, 0.5) is 5.69 Å². The summed E-state index contributed by atoms with van der Waals surface area (Å²) in [5, 5.41) is 6.92. The van der Waals surface area contributed by atoms with Gasteiger partial charge in [0, 0.05) is 38.2 Å². The van der Waals surface area contributed by atoms with Crippen molar-refractivity contribution in [3.8, 4) is 0 Å². The van der Waals surface area contributed by atoms with Gasteiger partial charge < -0.3 is 10.1 Å². The van der Waals surface area contributed by atoms with Crippen molar-refractivity contribution in [3.63, 3.8) is 0 Å². The number of aryl methyl sites for hydroxylation is 1. The summed E-state index contributed by atoms with van der Waals surface area (Å²) in [4.78, 5) is 11.8. The van der Waals surface area contributed by atoms with Gasteiger partial charge in [0.25, 0.3) is 0 Å². The first-order valence-corrected chi connectivity index (χ1v) is 6.13. The number of amides is 1. The van der Waals surface area contributed by atoms with Crippen LogP contribution in [-0.2, 0) is 22.7 Å². The average molecular weight is 259 g/mol. The number of rotatable bonds is 6. The first kappa shape index (κ1) is 13.3. The van der Waals surface area contributed by atoms with Crippen molar-refractivity contribution in [1.29, 1.82) is 0 Å². The van der Waals surface area contributed by atoms with Crippen molar-refractivity contribution < 1.29 is 9.53 Å². The third-order valence-corrected chi connectivity index (χ3v) is 2.65. The van der Waals surface area contributed by atoms with Crippen molar-refractivity contribution in [2.45, 2.75) is 19.6 Å². The quantitative estimate of drug-likeness (QED) is 0.864. The van der Waals surface area contributed by atoms with Gasteiger partial charge in [0.1, 0.15) is 0 Å². The molecule has 2 rings (SSSR count). The van der Waals surface area contributed by atoms with E-state index in [1.807, 2.05) is 36.5 Å². The lowest BCUT2D eigenvalue weighted by molar-refractivity contribution is -0.116. The Morgan fingerprint density at radius 3 is 3.05 bits per heavy atom. The molecule has 0 aliphatic carbocycles. The number of hydrogen-bond acceptors (Lipinski definition) is 3. The Hall–Kier alpha value is -2.14. The summed E-state index contributed by atoms with van der Waals surface area (Å²) in [6.45, 7) is 1.12. The van der Waals surface area contributed by atoms with Gasteiger partial charge in [0.2, 0.25) is 5.91 Å². The molecule has 1 aromatic heterocycles. The normalized spacial score (nSPS) is 10.4. The maximum absolute atomic E-state index is 11.8. The van der Waals surface area contributed by atoms with Crippen molar-refractivity contribution >= 4 is 11.6 Å². The van der Waals surface area contributed by atoms with Crippen LogP contribution in [0.5, 0.6) is 0 Å². The SMILES string of the molecule is COCc1cccc(NC(=O)CCn2cccn2)c1. The van der Waals surface area contributed by atoms with Crippen LogP contribution in [0.25, 0.3) is 0 Å². The zero-order valence-corrected chi connectivity index (χ0v) is 10.9. The molecule has 5 heteroatoms. The lowest BCUT2D eigenvalue weighted by atomic mass is 10.2. The maximum Gasteiger partial charge on any atom is 0.226 e. The minimum absolute atomic E-state index is 0.0231. The molecular formula is C14H17N3O2. The highest BCUT2D eigenvalue weighted by molar-refractivity contribution is 5.90. The number of hydrogen-bond donors (Lipinski definition) is 1. The first-order valence-electron chi connectivity index (χ1n) is 6.13. The Balaban J connectivity index is 1.86. The number of benzene rings is 1. The van der Waals surface area contributed by atoms with Gasteiger partial charge in [-0.05, 0) is 23.8 Å². The number of nitrogens with one attached hydrogen (secondary N) is 1. The molecule has 0 spiro atoms. The molecule has 0 aliphatic rings. The Morgan fingerprint density at radius 1 is 1.42 bits per heavy atom. The van der Waals surface area contributed by atoms with Crippen LogP contribution in [0.15, 0.2) is 42.7 Å². The fraction of sp³-hybridized carbons (Fsp3) is 0.286. The fourth-order valence-corrected chi connectivity index (χ4v) is 1.78. The molecule has 0 bridgehead atoms. The lowest BCUT2D eigenvalue weighted by Gasteiger charge is -2.07. The lowest BCUT2D eigenvalue weighted by Crippen LogP contribution is -2.14. The number of ether oxygens (including phenoxy) is 1. The molecule has 0 fully saturated rings. The van der Waals surface area contributed by atoms with Gasteiger partial charge in [-0.15, -0.1) is 0 Å². The predicted molar refractivity (Wildman–Crippen MR) is 72.6 cm³/mol. The molecule has 0 unspecified atom stereocenters. The van der Waals surface area contributed by atoms with Crippen LogP contribution in [0.3, 0.4) is 0 Å². The van der Waals surface area contributed by atoms with Gasteiger partial charge in [0.05, 0.1) is 6.61 Å². The van der Waals surface area contributed by atoms with E-state index >= 15 is 0 Å². The highest BCUT2D eigenvalue weighted by Gasteiger charge is 2.03. The van der Waals surface area contributed by atoms with Gasteiger partial charge in [-0.25, -0.2) is 0 Å². The zero-order chi connectivity index (χ0) is 13.5. The summed E-state index contributed by atoms with van der Waals surface area (Å²) in [6, 6.07) is 9.48. The fourth-order valence-electron chi connectivity index (χ4n) is 1.78. The van der Waals surface area contributed by atoms with Gasteiger partial charge >= 0.3 is 0 Å². The molecule has 5 nitrogen and oxygen atoms in total. The van der Waals surface area contributed by atoms with Crippen molar-refractivity contribution in [2.75, 3.05) is 12.4 Å². The molecule has 1 amide bonds. The molecule has 0 saturated heterocycles. The second-order valence-corrected chi connectivity index (χ2v) is 4.20. The van der Waals surface area contributed by atoms with E-state index in [2.05, 4.69) is 10.4 Å². The maximum atomic E-state index is 11.8. The predicted octanol–water partition coefficient (Wildman–Crippen LogP) is 2.06. The summed E-state index contributed by atoms with van der Waals surface area (Å²) >= 11 is 0. The molecule has 2 aromatic rings. The molecule has 19 heavy (non-hydrogen) atoms. The smallest absolute Gasteiger partial charge is 0.226 e. The van der Waals surface area contributed by atoms with Crippen molar-refractivity contribution in [2.24, 2.45) is 0 Å². The van der Waals surface area contributed by atoms with Crippen molar-refractivity contribution in [1.82, 2.24) is 9.78 Å². The second-order valence-electron chi connectivity index (χ2n) is 4.20. The summed E-state index contributed by atoms with van der Waals surface area (Å²) in [5.74, 6) is -0.0231. The Bertz CT molecular complexity index is 523. The number of methoxy groups -OCH3 is 1. The first-order chi connectivity index (χ1) is 9.28. The standard InChI is InChI=1S/C14H17N3O2/c1-19-11-12-4-2-5-13(10-12)16-14(18)6-9-17-8-3-7-15-17/h2-5,7-8,10H,6,9,11H2,1H3,(H,16,18). The summed E-state index contributed by atoms with van der Waals surface area (Å²) in [7, 11) is 1.65. The van der Waals surface area contributed by atoms with Crippen LogP contribution in [-0.4, -0.2) is 22.8 Å². The highest BCUT2D eigenvalue weighted by Crippen LogP contribution is 2.11. The van der Waals surface area contributed by atoms with Crippen LogP contribution in [0.2, 0.25) is 0 Å². The van der Waals surface area contributed by atoms with E-state index in [1.165, 1.54) is 0 Å². The number of carbonyl (C=O) groups is 1. The summed E-state index contributed by atoms with van der Waals surface area (Å²) < 4.78 is 6.80. The molecule has 1 aromatic carbocycles. The molecule has 0 aliphatic heterocycles. The summed E-state index contributed by atoms with van der Waals surface area (Å²) in [5.41, 5.74) is 1.83. The zero-order valence-electron chi connectivity index (χ0n) is 10.9. The van der Waals surface area contributed by atoms with Gasteiger partial charge in [0.15, 0.2) is 0 Å². The molecule has 1 N–H and O–H groups in total. The Kier molecular flexibility index (Phi) is 4.69. The molecular weight excluding hydrogens is 242 g/mol. The molecule has 1 heterocycles. The van der Waals surface area contributed by atoms with E-state index in [1.54, 1.807) is 18.0 Å². The Morgan fingerprint density at radius 2 is 2.32 bits per heavy atom. The second kappa shape index (κ2) is 6.70. The van der Waals surface area contributed by atoms with E-state index in [0.29, 0.717) is 19.6 Å². The van der Waals surface area contributed by atoms with Gasteiger partial charge in [-0.3, -0.25) is 9.48 Å². The topological polar surface area (TPSA) is 56.1 Å². The molecule has 0 atom stereocenters. The minimum atomic E-state index is -0.0231. The van der Waals surface area contributed by atoms with Crippen LogP contribution < -0.4 is 5.32 Å². The third kappa shape index (κ3) is 4.22. The number of aromatic nitrogens is 2. The van der Waals surface area contributed by atoms with Crippen LogP contribution >= 0.6 is 0 Å². The average Bonchev–Trinajstić information content (AvgIpc) is 2.90. The number of carbonyl (C=O) groups excluding carboxylic acids is 1. The monoisotopic (exact) mass is 259 g/mol.